The van der Waals surface area contributed by atoms with Gasteiger partial charge in [-0.05, 0) is 67.1 Å². The van der Waals surface area contributed by atoms with Gasteiger partial charge in [0.15, 0.2) is 5.76 Å². The molecule has 5 rings (SSSR count). The van der Waals surface area contributed by atoms with Crippen LogP contribution in [0.2, 0.25) is 10.0 Å². The monoisotopic (exact) mass is 495 g/mol. The first-order valence-corrected chi connectivity index (χ1v) is 12.1. The zero-order valence-electron chi connectivity index (χ0n) is 18.5. The second-order valence-corrected chi connectivity index (χ2v) is 9.26. The van der Waals surface area contributed by atoms with Gasteiger partial charge in [0.2, 0.25) is 0 Å². The molecular formula is C25H23Cl2N5O2. The zero-order valence-corrected chi connectivity index (χ0v) is 20.0. The molecule has 0 bridgehead atoms. The summed E-state index contributed by atoms with van der Waals surface area (Å²) in [5, 5.41) is 13.7. The molecule has 7 nitrogen and oxygen atoms in total. The van der Waals surface area contributed by atoms with E-state index in [9.17, 15) is 10.1 Å². The average molecular weight is 496 g/mol. The Morgan fingerprint density at radius 2 is 1.82 bits per heavy atom. The van der Waals surface area contributed by atoms with Crippen molar-refractivity contribution >= 4 is 40.7 Å². The SMILES string of the molecule is N#Cc1c(N2CCN(C(=O)Nc3ccc(Cl)c(Cl)c3)CC2)nc(-c2ccco2)c2c1CCCC2. The predicted molar refractivity (Wildman–Crippen MR) is 133 cm³/mol. The lowest BCUT2D eigenvalue weighted by molar-refractivity contribution is 0.208. The molecule has 9 heteroatoms. The summed E-state index contributed by atoms with van der Waals surface area (Å²) in [6, 6.07) is 11.0. The van der Waals surface area contributed by atoms with Crippen LogP contribution in [-0.2, 0) is 12.8 Å². The molecule has 0 saturated carbocycles. The normalized spacial score (nSPS) is 15.6. The molecule has 2 aliphatic rings. The van der Waals surface area contributed by atoms with E-state index in [2.05, 4.69) is 16.3 Å². The molecule has 3 heterocycles. The van der Waals surface area contributed by atoms with Gasteiger partial charge in [-0.15, -0.1) is 0 Å². The summed E-state index contributed by atoms with van der Waals surface area (Å²) in [5.74, 6) is 1.41. The molecular weight excluding hydrogens is 473 g/mol. The third kappa shape index (κ3) is 4.31. The van der Waals surface area contributed by atoms with E-state index in [0.29, 0.717) is 53.3 Å². The highest BCUT2D eigenvalue weighted by molar-refractivity contribution is 6.42. The second kappa shape index (κ2) is 9.57. The number of halogens is 2. The van der Waals surface area contributed by atoms with Crippen LogP contribution >= 0.6 is 23.2 Å². The van der Waals surface area contributed by atoms with Crippen LogP contribution in [0.1, 0.15) is 29.5 Å². The number of hydrogen-bond donors (Lipinski definition) is 1. The van der Waals surface area contributed by atoms with Crippen molar-refractivity contribution in [2.24, 2.45) is 0 Å². The lowest BCUT2D eigenvalue weighted by Gasteiger charge is -2.36. The third-order valence-electron chi connectivity index (χ3n) is 6.40. The number of anilines is 2. The first-order chi connectivity index (χ1) is 16.5. The maximum Gasteiger partial charge on any atom is 0.321 e. The highest BCUT2D eigenvalue weighted by atomic mass is 35.5. The molecule has 1 aromatic carbocycles. The number of pyridine rings is 1. The van der Waals surface area contributed by atoms with Gasteiger partial charge in [0.05, 0.1) is 21.9 Å². The number of urea groups is 1. The highest BCUT2D eigenvalue weighted by Crippen LogP contribution is 2.37. The topological polar surface area (TPSA) is 85.4 Å². The third-order valence-corrected chi connectivity index (χ3v) is 7.14. The van der Waals surface area contributed by atoms with E-state index in [-0.39, 0.29) is 6.03 Å². The lowest BCUT2D eigenvalue weighted by Crippen LogP contribution is -2.50. The molecule has 0 unspecified atom stereocenters. The minimum Gasteiger partial charge on any atom is -0.463 e. The number of carbonyl (C=O) groups excluding carboxylic acids is 1. The van der Waals surface area contributed by atoms with E-state index in [1.54, 1.807) is 29.4 Å². The van der Waals surface area contributed by atoms with Gasteiger partial charge in [-0.1, -0.05) is 23.2 Å². The maximum absolute atomic E-state index is 12.8. The fourth-order valence-corrected chi connectivity index (χ4v) is 4.97. The Hall–Kier alpha value is -3.21. The first-order valence-electron chi connectivity index (χ1n) is 11.3. The molecule has 1 aliphatic carbocycles. The molecule has 0 radical (unpaired) electrons. The van der Waals surface area contributed by atoms with Crippen LogP contribution in [0.3, 0.4) is 0 Å². The van der Waals surface area contributed by atoms with Crippen molar-refractivity contribution in [1.29, 1.82) is 5.26 Å². The maximum atomic E-state index is 12.8. The van der Waals surface area contributed by atoms with Crippen molar-refractivity contribution in [3.8, 4) is 17.5 Å². The molecule has 0 spiro atoms. The Bertz CT molecular complexity index is 1260. The summed E-state index contributed by atoms with van der Waals surface area (Å²) in [6.07, 6.45) is 5.56. The van der Waals surface area contributed by atoms with Crippen LogP contribution in [0.15, 0.2) is 41.0 Å². The van der Waals surface area contributed by atoms with Crippen molar-refractivity contribution in [2.75, 3.05) is 36.4 Å². The number of benzene rings is 1. The number of carbonyl (C=O) groups is 1. The number of rotatable bonds is 3. The van der Waals surface area contributed by atoms with Crippen molar-refractivity contribution in [3.05, 3.63) is 63.3 Å². The molecule has 1 aliphatic heterocycles. The van der Waals surface area contributed by atoms with Gasteiger partial charge in [0.25, 0.3) is 0 Å². The van der Waals surface area contributed by atoms with E-state index in [1.165, 1.54) is 0 Å². The number of nitrogens with zero attached hydrogens (tertiary/aromatic N) is 4. The number of amides is 2. The van der Waals surface area contributed by atoms with Gasteiger partial charge in [0.1, 0.15) is 17.6 Å². The van der Waals surface area contributed by atoms with Crippen LogP contribution in [0.5, 0.6) is 0 Å². The number of nitriles is 1. The van der Waals surface area contributed by atoms with Gasteiger partial charge >= 0.3 is 6.03 Å². The average Bonchev–Trinajstić information content (AvgIpc) is 3.40. The zero-order chi connectivity index (χ0) is 23.7. The van der Waals surface area contributed by atoms with Gasteiger partial charge in [-0.25, -0.2) is 9.78 Å². The summed E-state index contributed by atoms with van der Waals surface area (Å²) in [6.45, 7) is 2.17. The molecule has 3 aromatic rings. The molecule has 1 saturated heterocycles. The smallest absolute Gasteiger partial charge is 0.321 e. The van der Waals surface area contributed by atoms with Crippen LogP contribution in [0, 0.1) is 11.3 Å². The van der Waals surface area contributed by atoms with Crippen LogP contribution in [0.25, 0.3) is 11.5 Å². The number of aromatic nitrogens is 1. The Morgan fingerprint density at radius 1 is 1.06 bits per heavy atom. The molecule has 1 fully saturated rings. The summed E-state index contributed by atoms with van der Waals surface area (Å²) < 4.78 is 5.68. The summed E-state index contributed by atoms with van der Waals surface area (Å²) in [4.78, 5) is 21.6. The molecule has 174 valence electrons. The number of piperazine rings is 1. The number of nitrogens with one attached hydrogen (secondary N) is 1. The molecule has 2 amide bonds. The van der Waals surface area contributed by atoms with Crippen molar-refractivity contribution in [3.63, 3.8) is 0 Å². The highest BCUT2D eigenvalue weighted by Gasteiger charge is 2.29. The minimum absolute atomic E-state index is 0.201. The van der Waals surface area contributed by atoms with E-state index in [0.717, 1.165) is 48.3 Å². The summed E-state index contributed by atoms with van der Waals surface area (Å²) in [5.41, 5.74) is 4.28. The van der Waals surface area contributed by atoms with Crippen LogP contribution in [0.4, 0.5) is 16.3 Å². The number of furan rings is 1. The lowest BCUT2D eigenvalue weighted by atomic mass is 9.87. The van der Waals surface area contributed by atoms with Crippen LogP contribution in [-0.4, -0.2) is 42.1 Å². The Kier molecular flexibility index (Phi) is 6.36. The molecule has 34 heavy (non-hydrogen) atoms. The van der Waals surface area contributed by atoms with Gasteiger partial charge in [0, 0.05) is 31.9 Å². The summed E-state index contributed by atoms with van der Waals surface area (Å²) in [7, 11) is 0. The Labute approximate surface area is 207 Å². The molecule has 0 atom stereocenters. The molecule has 2 aromatic heterocycles. The Morgan fingerprint density at radius 3 is 2.50 bits per heavy atom. The van der Waals surface area contributed by atoms with Gasteiger partial charge in [-0.3, -0.25) is 0 Å². The van der Waals surface area contributed by atoms with E-state index in [4.69, 9.17) is 32.6 Å². The summed E-state index contributed by atoms with van der Waals surface area (Å²) >= 11 is 12.0. The standard InChI is InChI=1S/C25H23Cl2N5O2/c26-20-8-7-16(14-21(20)27)29-25(33)32-11-9-31(10-12-32)24-19(15-28)17-4-1-2-5-18(17)23(30-24)22-6-3-13-34-22/h3,6-8,13-14H,1-2,4-5,9-12H2,(H,29,33). The first kappa shape index (κ1) is 22.6. The fraction of sp³-hybridized carbons (Fsp3) is 0.320. The number of fused-ring (bicyclic) bond motifs is 1. The van der Waals surface area contributed by atoms with Crippen molar-refractivity contribution in [1.82, 2.24) is 9.88 Å². The number of hydrogen-bond acceptors (Lipinski definition) is 5. The van der Waals surface area contributed by atoms with Crippen LogP contribution < -0.4 is 10.2 Å². The molecule has 1 N–H and O–H groups in total. The van der Waals surface area contributed by atoms with E-state index < -0.39 is 0 Å². The van der Waals surface area contributed by atoms with Crippen molar-refractivity contribution in [2.45, 2.75) is 25.7 Å². The largest absolute Gasteiger partial charge is 0.463 e. The predicted octanol–water partition coefficient (Wildman–Crippen LogP) is 5.75. The minimum atomic E-state index is -0.201. The van der Waals surface area contributed by atoms with E-state index in [1.807, 2.05) is 12.1 Å². The fourth-order valence-electron chi connectivity index (χ4n) is 4.67. The second-order valence-electron chi connectivity index (χ2n) is 8.45. The van der Waals surface area contributed by atoms with Gasteiger partial charge in [-0.2, -0.15) is 5.26 Å². The Balaban J connectivity index is 1.36. The van der Waals surface area contributed by atoms with E-state index >= 15 is 0 Å². The quantitative estimate of drug-likeness (QED) is 0.499. The van der Waals surface area contributed by atoms with Gasteiger partial charge < -0.3 is 19.5 Å². The van der Waals surface area contributed by atoms with Crippen molar-refractivity contribution < 1.29 is 9.21 Å².